The summed E-state index contributed by atoms with van der Waals surface area (Å²) in [4.78, 5) is 0. The SMILES string of the molecule is CC#CCC(NN)c1csc(I)c1. The summed E-state index contributed by atoms with van der Waals surface area (Å²) >= 11 is 4.03. The molecule has 0 radical (unpaired) electrons. The topological polar surface area (TPSA) is 38.0 Å². The van der Waals surface area contributed by atoms with E-state index in [0.29, 0.717) is 0 Å². The maximum Gasteiger partial charge on any atom is 0.0656 e. The Kier molecular flexibility index (Phi) is 4.73. The van der Waals surface area contributed by atoms with E-state index in [1.165, 1.54) is 8.45 Å². The fourth-order valence-corrected chi connectivity index (χ4v) is 2.41. The van der Waals surface area contributed by atoms with Gasteiger partial charge >= 0.3 is 0 Å². The Hall–Kier alpha value is -0.0900. The molecular formula is C9H11IN2S. The fourth-order valence-electron chi connectivity index (χ4n) is 0.983. The van der Waals surface area contributed by atoms with Crippen molar-refractivity contribution in [2.24, 2.45) is 5.84 Å². The summed E-state index contributed by atoms with van der Waals surface area (Å²) in [5.74, 6) is 11.3. The highest BCUT2D eigenvalue weighted by Crippen LogP contribution is 2.23. The summed E-state index contributed by atoms with van der Waals surface area (Å²) in [5, 5.41) is 2.11. The van der Waals surface area contributed by atoms with Gasteiger partial charge in [0.05, 0.1) is 8.93 Å². The molecule has 13 heavy (non-hydrogen) atoms. The minimum absolute atomic E-state index is 0.159. The zero-order chi connectivity index (χ0) is 9.68. The molecule has 0 aliphatic heterocycles. The Labute approximate surface area is 96.0 Å². The summed E-state index contributed by atoms with van der Waals surface area (Å²) in [6, 6.07) is 2.29. The van der Waals surface area contributed by atoms with Crippen LogP contribution in [-0.4, -0.2) is 0 Å². The third-order valence-corrected chi connectivity index (χ3v) is 3.48. The van der Waals surface area contributed by atoms with Crippen LogP contribution in [0.1, 0.15) is 24.9 Å². The number of nitrogens with one attached hydrogen (secondary N) is 1. The molecule has 2 nitrogen and oxygen atoms in total. The second-order valence-electron chi connectivity index (χ2n) is 2.53. The highest BCUT2D eigenvalue weighted by atomic mass is 127. The number of hydrogen-bond acceptors (Lipinski definition) is 3. The first-order chi connectivity index (χ1) is 6.27. The lowest BCUT2D eigenvalue weighted by Crippen LogP contribution is -2.27. The van der Waals surface area contributed by atoms with E-state index in [4.69, 9.17) is 5.84 Å². The van der Waals surface area contributed by atoms with E-state index in [2.05, 4.69) is 51.3 Å². The lowest BCUT2D eigenvalue weighted by Gasteiger charge is -2.10. The first-order valence-electron chi connectivity index (χ1n) is 3.87. The van der Waals surface area contributed by atoms with E-state index in [0.717, 1.165) is 6.42 Å². The Morgan fingerprint density at radius 2 is 2.54 bits per heavy atom. The highest BCUT2D eigenvalue weighted by molar-refractivity contribution is 14.1. The quantitative estimate of drug-likeness (QED) is 0.389. The molecule has 0 aromatic carbocycles. The zero-order valence-corrected chi connectivity index (χ0v) is 10.3. The van der Waals surface area contributed by atoms with Gasteiger partial charge in [-0.3, -0.25) is 11.3 Å². The van der Waals surface area contributed by atoms with Crippen molar-refractivity contribution in [3.8, 4) is 11.8 Å². The molecule has 70 valence electrons. The summed E-state index contributed by atoms with van der Waals surface area (Å²) < 4.78 is 1.28. The van der Waals surface area contributed by atoms with Gasteiger partial charge in [-0.2, -0.15) is 0 Å². The van der Waals surface area contributed by atoms with Crippen molar-refractivity contribution in [2.75, 3.05) is 0 Å². The minimum Gasteiger partial charge on any atom is -0.271 e. The lowest BCUT2D eigenvalue weighted by molar-refractivity contribution is 0.569. The maximum atomic E-state index is 5.44. The first kappa shape index (κ1) is 11.0. The Balaban J connectivity index is 2.70. The number of hydrazine groups is 1. The van der Waals surface area contributed by atoms with E-state index < -0.39 is 0 Å². The molecule has 0 spiro atoms. The summed E-state index contributed by atoms with van der Waals surface area (Å²) in [5.41, 5.74) is 3.99. The number of thiophene rings is 1. The van der Waals surface area contributed by atoms with Crippen molar-refractivity contribution in [1.82, 2.24) is 5.43 Å². The molecule has 0 saturated carbocycles. The van der Waals surface area contributed by atoms with Gasteiger partial charge in [0, 0.05) is 6.42 Å². The molecule has 0 aliphatic carbocycles. The van der Waals surface area contributed by atoms with Gasteiger partial charge in [0.2, 0.25) is 0 Å². The predicted octanol–water partition coefficient (Wildman–Crippen LogP) is 2.27. The summed E-state index contributed by atoms with van der Waals surface area (Å²) in [6.07, 6.45) is 0.764. The maximum absolute atomic E-state index is 5.44. The van der Waals surface area contributed by atoms with Crippen molar-refractivity contribution < 1.29 is 0 Å². The smallest absolute Gasteiger partial charge is 0.0656 e. The van der Waals surface area contributed by atoms with Gasteiger partial charge in [-0.1, -0.05) is 0 Å². The normalized spacial score (nSPS) is 11.9. The number of rotatable bonds is 3. The molecule has 0 aliphatic rings. The largest absolute Gasteiger partial charge is 0.271 e. The predicted molar refractivity (Wildman–Crippen MR) is 65.2 cm³/mol. The molecule has 1 aromatic rings. The molecule has 4 heteroatoms. The molecular weight excluding hydrogens is 295 g/mol. The van der Waals surface area contributed by atoms with Crippen LogP contribution in [0.3, 0.4) is 0 Å². The molecule has 1 aromatic heterocycles. The molecule has 3 N–H and O–H groups in total. The van der Waals surface area contributed by atoms with Gasteiger partial charge in [-0.15, -0.1) is 23.2 Å². The van der Waals surface area contributed by atoms with Crippen LogP contribution in [0.2, 0.25) is 0 Å². The second-order valence-corrected chi connectivity index (χ2v) is 5.34. The van der Waals surface area contributed by atoms with Crippen molar-refractivity contribution in [2.45, 2.75) is 19.4 Å². The van der Waals surface area contributed by atoms with Crippen molar-refractivity contribution in [3.05, 3.63) is 19.9 Å². The summed E-state index contributed by atoms with van der Waals surface area (Å²) in [7, 11) is 0. The van der Waals surface area contributed by atoms with Crippen molar-refractivity contribution >= 4 is 33.9 Å². The highest BCUT2D eigenvalue weighted by Gasteiger charge is 2.09. The third-order valence-electron chi connectivity index (χ3n) is 1.67. The Morgan fingerprint density at radius 3 is 3.00 bits per heavy atom. The molecule has 0 fully saturated rings. The average Bonchev–Trinajstić information content (AvgIpc) is 2.54. The van der Waals surface area contributed by atoms with Gasteiger partial charge in [0.25, 0.3) is 0 Å². The van der Waals surface area contributed by atoms with Crippen molar-refractivity contribution in [1.29, 1.82) is 0 Å². The van der Waals surface area contributed by atoms with Crippen LogP contribution in [0.4, 0.5) is 0 Å². The number of hydrogen-bond donors (Lipinski definition) is 2. The monoisotopic (exact) mass is 306 g/mol. The van der Waals surface area contributed by atoms with Gasteiger partial charge < -0.3 is 0 Å². The molecule has 1 rings (SSSR count). The van der Waals surface area contributed by atoms with Gasteiger partial charge in [-0.05, 0) is 46.5 Å². The van der Waals surface area contributed by atoms with E-state index >= 15 is 0 Å². The molecule has 0 amide bonds. The molecule has 1 unspecified atom stereocenters. The van der Waals surface area contributed by atoms with Crippen LogP contribution < -0.4 is 11.3 Å². The van der Waals surface area contributed by atoms with Crippen LogP contribution in [0, 0.1) is 14.7 Å². The van der Waals surface area contributed by atoms with E-state index in [9.17, 15) is 0 Å². The van der Waals surface area contributed by atoms with Crippen LogP contribution in [0.25, 0.3) is 0 Å². The van der Waals surface area contributed by atoms with E-state index in [1.807, 2.05) is 6.92 Å². The average molecular weight is 306 g/mol. The number of nitrogens with two attached hydrogens (primary N) is 1. The van der Waals surface area contributed by atoms with E-state index in [1.54, 1.807) is 11.3 Å². The van der Waals surface area contributed by atoms with Crippen LogP contribution in [-0.2, 0) is 0 Å². The standard InChI is InChI=1S/C9H11IN2S/c1-2-3-4-8(12-11)7-5-9(10)13-6-7/h5-6,8,12H,4,11H2,1H3. The molecule has 1 atom stereocenters. The minimum atomic E-state index is 0.159. The van der Waals surface area contributed by atoms with Crippen LogP contribution in [0.5, 0.6) is 0 Å². The fraction of sp³-hybridized carbons (Fsp3) is 0.333. The molecule has 0 bridgehead atoms. The van der Waals surface area contributed by atoms with Gasteiger partial charge in [0.15, 0.2) is 0 Å². The summed E-state index contributed by atoms with van der Waals surface area (Å²) in [6.45, 7) is 1.84. The van der Waals surface area contributed by atoms with Gasteiger partial charge in [0.1, 0.15) is 0 Å². The Bertz CT molecular complexity index is 324. The van der Waals surface area contributed by atoms with Crippen LogP contribution >= 0.6 is 33.9 Å². The van der Waals surface area contributed by atoms with Crippen molar-refractivity contribution in [3.63, 3.8) is 0 Å². The lowest BCUT2D eigenvalue weighted by atomic mass is 10.1. The molecule has 1 heterocycles. The van der Waals surface area contributed by atoms with E-state index in [-0.39, 0.29) is 6.04 Å². The second kappa shape index (κ2) is 5.60. The van der Waals surface area contributed by atoms with Crippen LogP contribution in [0.15, 0.2) is 11.4 Å². The zero-order valence-electron chi connectivity index (χ0n) is 7.30. The third kappa shape index (κ3) is 3.27. The molecule has 0 saturated heterocycles. The van der Waals surface area contributed by atoms with Gasteiger partial charge in [-0.25, -0.2) is 0 Å². The number of halogens is 1. The first-order valence-corrected chi connectivity index (χ1v) is 5.83. The Morgan fingerprint density at radius 1 is 1.77 bits per heavy atom.